The van der Waals surface area contributed by atoms with Gasteiger partial charge in [0, 0.05) is 12.5 Å². The molecule has 0 saturated heterocycles. The third kappa shape index (κ3) is 4.78. The second-order valence-corrected chi connectivity index (χ2v) is 1.36. The van der Waals surface area contributed by atoms with Gasteiger partial charge in [-0.05, 0) is 0 Å². The summed E-state index contributed by atoms with van der Waals surface area (Å²) in [6, 6.07) is 0. The van der Waals surface area contributed by atoms with Gasteiger partial charge in [-0.3, -0.25) is 4.79 Å². The summed E-state index contributed by atoms with van der Waals surface area (Å²) in [5, 5.41) is 0. The molecule has 0 unspecified atom stereocenters. The summed E-state index contributed by atoms with van der Waals surface area (Å²) in [7, 11) is 0. The van der Waals surface area contributed by atoms with Crippen LogP contribution < -0.4 is 0 Å². The Hall–Kier alpha value is -1.08. The zero-order valence-electron chi connectivity index (χ0n) is 5.22. The molecule has 0 aromatic rings. The van der Waals surface area contributed by atoms with Gasteiger partial charge in [0.2, 0.25) is 0 Å². The molecule has 0 N–H and O–H groups in total. The summed E-state index contributed by atoms with van der Waals surface area (Å²) in [5.74, 6) is 1.19. The molecule has 0 atom stereocenters. The van der Waals surface area contributed by atoms with Gasteiger partial charge in [0.05, 0.1) is 0 Å². The first kappa shape index (κ1) is 7.92. The van der Waals surface area contributed by atoms with Gasteiger partial charge in [-0.25, -0.2) is 4.79 Å². The lowest BCUT2D eigenvalue weighted by molar-refractivity contribution is -0.141. The molecule has 0 spiro atoms. The van der Waals surface area contributed by atoms with Crippen LogP contribution in [0.4, 0.5) is 0 Å². The SMILES string of the molecule is CCC(=O)OCC=C=O. The average molecular weight is 128 g/mol. The maximum atomic E-state index is 10.3. The Bertz CT molecular complexity index is 133. The maximum absolute atomic E-state index is 10.3. The summed E-state index contributed by atoms with van der Waals surface area (Å²) in [6.45, 7) is 1.73. The molecule has 9 heavy (non-hydrogen) atoms. The maximum Gasteiger partial charge on any atom is 0.305 e. The molecule has 0 aliphatic carbocycles. The lowest BCUT2D eigenvalue weighted by Crippen LogP contribution is -2.01. The van der Waals surface area contributed by atoms with Crippen molar-refractivity contribution in [2.24, 2.45) is 0 Å². The Morgan fingerprint density at radius 3 is 2.89 bits per heavy atom. The molecule has 0 aliphatic rings. The molecule has 0 saturated carbocycles. The van der Waals surface area contributed by atoms with E-state index >= 15 is 0 Å². The van der Waals surface area contributed by atoms with Crippen LogP contribution in [0, 0.1) is 0 Å². The number of rotatable bonds is 3. The third-order valence-corrected chi connectivity index (χ3v) is 0.700. The van der Waals surface area contributed by atoms with E-state index in [1.807, 2.05) is 0 Å². The van der Waals surface area contributed by atoms with E-state index in [1.54, 1.807) is 6.92 Å². The molecule has 0 amide bonds. The van der Waals surface area contributed by atoms with Crippen molar-refractivity contribution in [2.75, 3.05) is 6.61 Å². The largest absolute Gasteiger partial charge is 0.461 e. The van der Waals surface area contributed by atoms with Gasteiger partial charge in [-0.2, -0.15) is 0 Å². The Kier molecular flexibility index (Phi) is 4.46. The average Bonchev–Trinajstić information content (AvgIpc) is 1.89. The zero-order valence-corrected chi connectivity index (χ0v) is 5.22. The van der Waals surface area contributed by atoms with Crippen molar-refractivity contribution in [3.05, 3.63) is 6.08 Å². The van der Waals surface area contributed by atoms with E-state index in [0.29, 0.717) is 6.42 Å². The Labute approximate surface area is 53.3 Å². The van der Waals surface area contributed by atoms with Crippen molar-refractivity contribution in [1.82, 2.24) is 0 Å². The molecule has 0 aromatic carbocycles. The molecular weight excluding hydrogens is 120 g/mol. The van der Waals surface area contributed by atoms with E-state index in [1.165, 1.54) is 5.94 Å². The molecule has 0 aromatic heterocycles. The van der Waals surface area contributed by atoms with Crippen LogP contribution in [0.25, 0.3) is 0 Å². The standard InChI is InChI=1S/C6H8O3/c1-2-6(8)9-5-3-4-7/h3H,2,5H2,1H3. The lowest BCUT2D eigenvalue weighted by Gasteiger charge is -1.94. The highest BCUT2D eigenvalue weighted by Crippen LogP contribution is 1.82. The van der Waals surface area contributed by atoms with E-state index in [0.717, 1.165) is 6.08 Å². The molecule has 0 heterocycles. The van der Waals surface area contributed by atoms with Crippen LogP contribution >= 0.6 is 0 Å². The summed E-state index contributed by atoms with van der Waals surface area (Å²) >= 11 is 0. The van der Waals surface area contributed by atoms with Crippen molar-refractivity contribution in [3.8, 4) is 0 Å². The van der Waals surface area contributed by atoms with Gasteiger partial charge in [0.15, 0.2) is 0 Å². The Morgan fingerprint density at radius 1 is 1.78 bits per heavy atom. The second-order valence-electron chi connectivity index (χ2n) is 1.36. The monoisotopic (exact) mass is 128 g/mol. The highest BCUT2D eigenvalue weighted by molar-refractivity contribution is 5.69. The van der Waals surface area contributed by atoms with E-state index < -0.39 is 0 Å². The van der Waals surface area contributed by atoms with Crippen LogP contribution in [0.3, 0.4) is 0 Å². The Morgan fingerprint density at radius 2 is 2.44 bits per heavy atom. The molecule has 3 heteroatoms. The van der Waals surface area contributed by atoms with E-state index in [4.69, 9.17) is 0 Å². The van der Waals surface area contributed by atoms with Crippen molar-refractivity contribution < 1.29 is 14.3 Å². The first-order chi connectivity index (χ1) is 4.31. The normalized spacial score (nSPS) is 7.67. The molecule has 0 fully saturated rings. The summed E-state index contributed by atoms with van der Waals surface area (Å²) in [4.78, 5) is 19.8. The Balaban J connectivity index is 3.27. The molecule has 0 rings (SSSR count). The van der Waals surface area contributed by atoms with Crippen LogP contribution in [0.15, 0.2) is 6.08 Å². The number of ether oxygens (including phenoxy) is 1. The minimum absolute atomic E-state index is 0.0379. The topological polar surface area (TPSA) is 43.4 Å². The molecule has 0 aliphatic heterocycles. The molecule has 0 bridgehead atoms. The van der Waals surface area contributed by atoms with Crippen LogP contribution in [-0.4, -0.2) is 18.5 Å². The van der Waals surface area contributed by atoms with Crippen molar-refractivity contribution in [3.63, 3.8) is 0 Å². The molecular formula is C6H8O3. The van der Waals surface area contributed by atoms with Crippen molar-refractivity contribution >= 4 is 11.9 Å². The fraction of sp³-hybridized carbons (Fsp3) is 0.500. The van der Waals surface area contributed by atoms with Gasteiger partial charge in [0.25, 0.3) is 0 Å². The predicted molar refractivity (Wildman–Crippen MR) is 31.5 cm³/mol. The number of esters is 1. The quantitative estimate of drug-likeness (QED) is 0.406. The van der Waals surface area contributed by atoms with Crippen LogP contribution in [0.1, 0.15) is 13.3 Å². The van der Waals surface area contributed by atoms with Crippen LogP contribution in [-0.2, 0) is 14.3 Å². The smallest absolute Gasteiger partial charge is 0.305 e. The van der Waals surface area contributed by atoms with E-state index in [9.17, 15) is 9.59 Å². The molecule has 0 radical (unpaired) electrons. The van der Waals surface area contributed by atoms with E-state index in [2.05, 4.69) is 4.74 Å². The number of hydrogen-bond acceptors (Lipinski definition) is 3. The third-order valence-electron chi connectivity index (χ3n) is 0.700. The minimum Gasteiger partial charge on any atom is -0.461 e. The van der Waals surface area contributed by atoms with Crippen LogP contribution in [0.5, 0.6) is 0 Å². The van der Waals surface area contributed by atoms with Crippen molar-refractivity contribution in [1.29, 1.82) is 0 Å². The minimum atomic E-state index is -0.304. The van der Waals surface area contributed by atoms with Gasteiger partial charge in [-0.1, -0.05) is 6.92 Å². The lowest BCUT2D eigenvalue weighted by atomic mass is 10.5. The van der Waals surface area contributed by atoms with Gasteiger partial charge in [-0.15, -0.1) is 0 Å². The fourth-order valence-electron chi connectivity index (χ4n) is 0.271. The fourth-order valence-corrected chi connectivity index (χ4v) is 0.271. The summed E-state index contributed by atoms with van der Waals surface area (Å²) in [5.41, 5.74) is 0. The first-order valence-electron chi connectivity index (χ1n) is 2.66. The van der Waals surface area contributed by atoms with E-state index in [-0.39, 0.29) is 12.6 Å². The number of hydrogen-bond donors (Lipinski definition) is 0. The molecule has 50 valence electrons. The van der Waals surface area contributed by atoms with Gasteiger partial charge in [0.1, 0.15) is 12.5 Å². The number of carbonyl (C=O) groups excluding carboxylic acids is 2. The summed E-state index contributed by atoms with van der Waals surface area (Å²) in [6.07, 6.45) is 1.46. The van der Waals surface area contributed by atoms with Gasteiger partial charge < -0.3 is 4.74 Å². The predicted octanol–water partition coefficient (Wildman–Crippen LogP) is 0.327. The zero-order chi connectivity index (χ0) is 7.11. The van der Waals surface area contributed by atoms with Crippen LogP contribution in [0.2, 0.25) is 0 Å². The number of carbonyl (C=O) groups is 1. The van der Waals surface area contributed by atoms with Gasteiger partial charge >= 0.3 is 5.97 Å². The highest BCUT2D eigenvalue weighted by Gasteiger charge is 1.92. The van der Waals surface area contributed by atoms with Crippen molar-refractivity contribution in [2.45, 2.75) is 13.3 Å². The molecule has 3 nitrogen and oxygen atoms in total. The first-order valence-corrected chi connectivity index (χ1v) is 2.66. The highest BCUT2D eigenvalue weighted by atomic mass is 16.5. The summed E-state index contributed by atoms with van der Waals surface area (Å²) < 4.78 is 4.47. The second kappa shape index (κ2) is 5.06.